The number of aliphatic hydroxyl groups is 1. The molecule has 132 valence electrons. The van der Waals surface area contributed by atoms with Crippen LogP contribution in [0.4, 0.5) is 0 Å². The van der Waals surface area contributed by atoms with Crippen LogP contribution in [0.25, 0.3) is 11.5 Å². The van der Waals surface area contributed by atoms with E-state index in [1.165, 1.54) is 0 Å². The summed E-state index contributed by atoms with van der Waals surface area (Å²) in [5, 5.41) is 14.5. The van der Waals surface area contributed by atoms with Crippen LogP contribution in [0.15, 0.2) is 24.4 Å². The minimum absolute atomic E-state index is 0. The number of rotatable bonds is 5. The first kappa shape index (κ1) is 18.8. The molecule has 1 fully saturated rings. The van der Waals surface area contributed by atoms with E-state index in [0.29, 0.717) is 5.82 Å². The molecule has 0 saturated heterocycles. The predicted molar refractivity (Wildman–Crippen MR) is 96.0 cm³/mol. The molecule has 0 spiro atoms. The predicted octanol–water partition coefficient (Wildman–Crippen LogP) is 2.52. The quantitative estimate of drug-likeness (QED) is 0.863. The highest BCUT2D eigenvalue weighted by Crippen LogP contribution is 2.32. The lowest BCUT2D eigenvalue weighted by atomic mass is 9.83. The molecule has 0 aliphatic heterocycles. The van der Waals surface area contributed by atoms with Gasteiger partial charge in [-0.3, -0.25) is 4.98 Å². The Morgan fingerprint density at radius 3 is 2.83 bits per heavy atom. The fourth-order valence-corrected chi connectivity index (χ4v) is 3.16. The number of aromatic nitrogens is 4. The fraction of sp³-hybridized carbons (Fsp3) is 0.588. The van der Waals surface area contributed by atoms with Crippen LogP contribution in [0.2, 0.25) is 0 Å². The number of nitrogens with two attached hydrogens (primary N) is 1. The van der Waals surface area contributed by atoms with Crippen molar-refractivity contribution < 1.29 is 5.11 Å². The van der Waals surface area contributed by atoms with Crippen LogP contribution < -0.4 is 5.73 Å². The number of aliphatic hydroxyl groups excluding tert-OH is 1. The van der Waals surface area contributed by atoms with Gasteiger partial charge in [0.05, 0.1) is 6.10 Å². The van der Waals surface area contributed by atoms with Gasteiger partial charge in [-0.2, -0.15) is 0 Å². The van der Waals surface area contributed by atoms with Gasteiger partial charge in [-0.1, -0.05) is 19.4 Å². The van der Waals surface area contributed by atoms with Gasteiger partial charge in [0, 0.05) is 24.7 Å². The number of aryl methyl sites for hydroxylation is 1. The Morgan fingerprint density at radius 2 is 2.17 bits per heavy atom. The number of halogens is 1. The lowest BCUT2D eigenvalue weighted by Crippen LogP contribution is -2.40. The summed E-state index contributed by atoms with van der Waals surface area (Å²) in [7, 11) is 0. The molecular formula is C17H26ClN5O. The molecule has 24 heavy (non-hydrogen) atoms. The third-order valence-corrected chi connectivity index (χ3v) is 4.54. The molecule has 2 aromatic heterocycles. The summed E-state index contributed by atoms with van der Waals surface area (Å²) in [4.78, 5) is 9.12. The van der Waals surface area contributed by atoms with Crippen LogP contribution in [-0.4, -0.2) is 37.0 Å². The van der Waals surface area contributed by atoms with Crippen molar-refractivity contribution in [2.45, 2.75) is 63.6 Å². The largest absolute Gasteiger partial charge is 0.392 e. The van der Waals surface area contributed by atoms with Gasteiger partial charge in [-0.05, 0) is 37.8 Å². The second-order valence-corrected chi connectivity index (χ2v) is 6.33. The fourth-order valence-electron chi connectivity index (χ4n) is 3.16. The SMILES string of the molecule is CCCCn1nc(-c2ccccn2)nc1[C@H]1CC[C@@H](O)[C@H](N)C1.Cl. The van der Waals surface area contributed by atoms with Gasteiger partial charge in [0.2, 0.25) is 0 Å². The Balaban J connectivity index is 0.00000208. The van der Waals surface area contributed by atoms with E-state index in [9.17, 15) is 5.11 Å². The summed E-state index contributed by atoms with van der Waals surface area (Å²) >= 11 is 0. The first-order valence-electron chi connectivity index (χ1n) is 8.48. The monoisotopic (exact) mass is 351 g/mol. The molecule has 7 heteroatoms. The first-order chi connectivity index (χ1) is 11.2. The van der Waals surface area contributed by atoms with Gasteiger partial charge in [0.25, 0.3) is 0 Å². The maximum absolute atomic E-state index is 9.86. The Kier molecular flexibility index (Phi) is 6.71. The third kappa shape index (κ3) is 4.12. The third-order valence-electron chi connectivity index (χ3n) is 4.54. The zero-order valence-electron chi connectivity index (χ0n) is 14.0. The average Bonchev–Trinajstić information content (AvgIpc) is 3.00. The number of hydrogen-bond acceptors (Lipinski definition) is 5. The van der Waals surface area contributed by atoms with Crippen LogP contribution in [0.5, 0.6) is 0 Å². The zero-order chi connectivity index (χ0) is 16.2. The molecule has 1 aliphatic carbocycles. The summed E-state index contributed by atoms with van der Waals surface area (Å²) in [5.41, 5.74) is 6.85. The highest BCUT2D eigenvalue weighted by atomic mass is 35.5. The average molecular weight is 352 g/mol. The minimum atomic E-state index is -0.395. The lowest BCUT2D eigenvalue weighted by Gasteiger charge is -2.30. The normalized spacial score (nSPS) is 23.7. The molecule has 2 aromatic rings. The van der Waals surface area contributed by atoms with Crippen molar-refractivity contribution in [2.24, 2.45) is 5.73 Å². The maximum atomic E-state index is 9.86. The molecular weight excluding hydrogens is 326 g/mol. The van der Waals surface area contributed by atoms with Crippen molar-refractivity contribution in [3.8, 4) is 11.5 Å². The van der Waals surface area contributed by atoms with Gasteiger partial charge in [-0.15, -0.1) is 17.5 Å². The summed E-state index contributed by atoms with van der Waals surface area (Å²) in [6.07, 6.45) is 5.93. The van der Waals surface area contributed by atoms with E-state index < -0.39 is 6.10 Å². The van der Waals surface area contributed by atoms with Gasteiger partial charge < -0.3 is 10.8 Å². The van der Waals surface area contributed by atoms with Crippen molar-refractivity contribution in [1.29, 1.82) is 0 Å². The van der Waals surface area contributed by atoms with Gasteiger partial charge in [0.15, 0.2) is 5.82 Å². The van der Waals surface area contributed by atoms with Crippen LogP contribution in [0.3, 0.4) is 0 Å². The standard InChI is InChI=1S/C17H25N5O.ClH/c1-2-3-10-22-17(12-7-8-15(23)13(18)11-12)20-16(21-22)14-6-4-5-9-19-14;/h4-6,9,12-13,15,23H,2-3,7-8,10-11,18H2,1H3;1H/t12-,13+,15+;/m0./s1. The van der Waals surface area contributed by atoms with Crippen LogP contribution in [0, 0.1) is 0 Å². The number of nitrogens with zero attached hydrogens (tertiary/aromatic N) is 4. The Bertz CT molecular complexity index is 633. The van der Waals surface area contributed by atoms with E-state index in [0.717, 1.165) is 50.2 Å². The van der Waals surface area contributed by atoms with Crippen molar-refractivity contribution in [2.75, 3.05) is 0 Å². The molecule has 3 rings (SSSR count). The minimum Gasteiger partial charge on any atom is -0.392 e. The smallest absolute Gasteiger partial charge is 0.200 e. The molecule has 6 nitrogen and oxygen atoms in total. The summed E-state index contributed by atoms with van der Waals surface area (Å²) in [6.45, 7) is 3.03. The molecule has 2 heterocycles. The van der Waals surface area contributed by atoms with Crippen LogP contribution >= 0.6 is 12.4 Å². The van der Waals surface area contributed by atoms with E-state index >= 15 is 0 Å². The summed E-state index contributed by atoms with van der Waals surface area (Å²) in [6, 6.07) is 5.59. The van der Waals surface area contributed by atoms with E-state index in [2.05, 4.69) is 17.0 Å². The second-order valence-electron chi connectivity index (χ2n) is 6.33. The van der Waals surface area contributed by atoms with Gasteiger partial charge >= 0.3 is 0 Å². The number of hydrogen-bond donors (Lipinski definition) is 2. The molecule has 1 aliphatic rings. The van der Waals surface area contributed by atoms with Crippen molar-refractivity contribution in [3.05, 3.63) is 30.2 Å². The van der Waals surface area contributed by atoms with Crippen molar-refractivity contribution in [3.63, 3.8) is 0 Å². The number of pyridine rings is 1. The van der Waals surface area contributed by atoms with E-state index in [-0.39, 0.29) is 24.4 Å². The highest BCUT2D eigenvalue weighted by molar-refractivity contribution is 5.85. The van der Waals surface area contributed by atoms with Crippen LogP contribution in [-0.2, 0) is 6.54 Å². The number of unbranched alkanes of at least 4 members (excludes halogenated alkanes) is 1. The first-order valence-corrected chi connectivity index (χ1v) is 8.48. The molecule has 0 amide bonds. The lowest BCUT2D eigenvalue weighted by molar-refractivity contribution is 0.0984. The summed E-state index contributed by atoms with van der Waals surface area (Å²) < 4.78 is 2.02. The van der Waals surface area contributed by atoms with Crippen molar-refractivity contribution >= 4 is 12.4 Å². The molecule has 0 radical (unpaired) electrons. The Hall–Kier alpha value is -1.50. The zero-order valence-corrected chi connectivity index (χ0v) is 14.8. The van der Waals surface area contributed by atoms with E-state index in [4.69, 9.17) is 10.7 Å². The Labute approximate surface area is 148 Å². The molecule has 0 aromatic carbocycles. The van der Waals surface area contributed by atoms with Gasteiger partial charge in [0.1, 0.15) is 11.5 Å². The molecule has 3 atom stereocenters. The Morgan fingerprint density at radius 1 is 1.33 bits per heavy atom. The second kappa shape index (κ2) is 8.55. The molecule has 0 unspecified atom stereocenters. The van der Waals surface area contributed by atoms with E-state index in [1.807, 2.05) is 22.9 Å². The topological polar surface area (TPSA) is 89.8 Å². The highest BCUT2D eigenvalue weighted by Gasteiger charge is 2.31. The summed E-state index contributed by atoms with van der Waals surface area (Å²) in [5.74, 6) is 1.92. The van der Waals surface area contributed by atoms with Crippen molar-refractivity contribution in [1.82, 2.24) is 19.7 Å². The van der Waals surface area contributed by atoms with Gasteiger partial charge in [-0.25, -0.2) is 9.67 Å². The molecule has 3 N–H and O–H groups in total. The van der Waals surface area contributed by atoms with Crippen LogP contribution in [0.1, 0.15) is 50.8 Å². The van der Waals surface area contributed by atoms with E-state index in [1.54, 1.807) is 6.20 Å². The molecule has 0 bridgehead atoms. The maximum Gasteiger partial charge on any atom is 0.200 e. The molecule has 1 saturated carbocycles.